The molecule has 3 heteroatoms. The zero-order valence-electron chi connectivity index (χ0n) is 8.82. The molecule has 1 heterocycles. The Balaban J connectivity index is 2.20. The highest BCUT2D eigenvalue weighted by molar-refractivity contribution is 9.10. The molecule has 0 saturated carbocycles. The molecule has 0 bridgehead atoms. The minimum Gasteiger partial charge on any atom is -0.367 e. The second-order valence-electron chi connectivity index (χ2n) is 4.06. The van der Waals surface area contributed by atoms with Crippen LogP contribution < -0.4 is 10.6 Å². The number of nitrogens with zero attached hydrogens (tertiary/aromatic N) is 1. The van der Waals surface area contributed by atoms with E-state index in [4.69, 9.17) is 5.73 Å². The van der Waals surface area contributed by atoms with Crippen LogP contribution in [0.4, 0.5) is 5.69 Å². The van der Waals surface area contributed by atoms with Gasteiger partial charge >= 0.3 is 0 Å². The molecule has 82 valence electrons. The Bertz CT molecular complexity index is 327. The second-order valence-corrected chi connectivity index (χ2v) is 4.97. The minimum absolute atomic E-state index is 0.521. The molecule has 0 aliphatic carbocycles. The third kappa shape index (κ3) is 2.52. The number of anilines is 1. The van der Waals surface area contributed by atoms with Crippen molar-refractivity contribution in [2.24, 2.45) is 5.73 Å². The van der Waals surface area contributed by atoms with Crippen molar-refractivity contribution in [2.75, 3.05) is 18.0 Å². The Kier molecular flexibility index (Phi) is 3.65. The molecule has 1 atom stereocenters. The van der Waals surface area contributed by atoms with Crippen LogP contribution >= 0.6 is 15.9 Å². The molecular formula is C12H17BrN2. The highest BCUT2D eigenvalue weighted by atomic mass is 79.9. The molecule has 0 amide bonds. The summed E-state index contributed by atoms with van der Waals surface area (Å²) in [4.78, 5) is 2.44. The minimum atomic E-state index is 0.521. The van der Waals surface area contributed by atoms with Gasteiger partial charge in [0.15, 0.2) is 0 Å². The van der Waals surface area contributed by atoms with Crippen LogP contribution in [0.15, 0.2) is 28.7 Å². The molecule has 1 aliphatic heterocycles. The van der Waals surface area contributed by atoms with Gasteiger partial charge in [-0.1, -0.05) is 22.0 Å². The smallest absolute Gasteiger partial charge is 0.0412 e. The van der Waals surface area contributed by atoms with Crippen LogP contribution in [0.1, 0.15) is 19.3 Å². The lowest BCUT2D eigenvalue weighted by Crippen LogP contribution is -2.44. The first-order valence-corrected chi connectivity index (χ1v) is 6.33. The lowest BCUT2D eigenvalue weighted by atomic mass is 10.0. The summed E-state index contributed by atoms with van der Waals surface area (Å²) in [5.41, 5.74) is 7.11. The highest BCUT2D eigenvalue weighted by Crippen LogP contribution is 2.26. The fraction of sp³-hybridized carbons (Fsp3) is 0.500. The molecule has 2 nitrogen and oxygen atoms in total. The summed E-state index contributed by atoms with van der Waals surface area (Å²) < 4.78 is 1.14. The first-order chi connectivity index (χ1) is 7.31. The van der Waals surface area contributed by atoms with Crippen molar-refractivity contribution in [3.8, 4) is 0 Å². The average Bonchev–Trinajstić information content (AvgIpc) is 2.29. The van der Waals surface area contributed by atoms with Crippen molar-refractivity contribution in [1.29, 1.82) is 0 Å². The predicted octanol–water partition coefficient (Wildman–Crippen LogP) is 2.77. The van der Waals surface area contributed by atoms with Crippen LogP contribution in [0.5, 0.6) is 0 Å². The molecule has 1 unspecified atom stereocenters. The van der Waals surface area contributed by atoms with Gasteiger partial charge < -0.3 is 10.6 Å². The maximum atomic E-state index is 5.82. The maximum Gasteiger partial charge on any atom is 0.0412 e. The van der Waals surface area contributed by atoms with Crippen LogP contribution in [0.2, 0.25) is 0 Å². The lowest BCUT2D eigenvalue weighted by Gasteiger charge is -2.37. The van der Waals surface area contributed by atoms with E-state index in [1.165, 1.54) is 24.9 Å². The Labute approximate surface area is 99.6 Å². The Morgan fingerprint density at radius 2 is 2.27 bits per heavy atom. The first kappa shape index (κ1) is 11.0. The molecule has 1 saturated heterocycles. The molecule has 1 aromatic carbocycles. The van der Waals surface area contributed by atoms with Gasteiger partial charge in [-0.2, -0.15) is 0 Å². The Morgan fingerprint density at radius 3 is 3.00 bits per heavy atom. The number of nitrogens with two attached hydrogens (primary N) is 1. The molecule has 2 N–H and O–H groups in total. The van der Waals surface area contributed by atoms with E-state index < -0.39 is 0 Å². The standard InChI is InChI=1S/C12H17BrN2/c13-10-4-3-6-11(8-10)15-7-2-1-5-12(15)9-14/h3-4,6,8,12H,1-2,5,7,9,14H2. The highest BCUT2D eigenvalue weighted by Gasteiger charge is 2.21. The fourth-order valence-corrected chi connectivity index (χ4v) is 2.63. The predicted molar refractivity (Wildman–Crippen MR) is 68.2 cm³/mol. The summed E-state index contributed by atoms with van der Waals surface area (Å²) in [5.74, 6) is 0. The summed E-state index contributed by atoms with van der Waals surface area (Å²) >= 11 is 3.51. The third-order valence-corrected chi connectivity index (χ3v) is 3.53. The van der Waals surface area contributed by atoms with Crippen LogP contribution in [-0.2, 0) is 0 Å². The van der Waals surface area contributed by atoms with Gasteiger partial charge in [-0.15, -0.1) is 0 Å². The van der Waals surface area contributed by atoms with Gasteiger partial charge in [0.2, 0.25) is 0 Å². The number of hydrogen-bond donors (Lipinski definition) is 1. The Hall–Kier alpha value is -0.540. The second kappa shape index (κ2) is 4.99. The van der Waals surface area contributed by atoms with Crippen molar-refractivity contribution in [1.82, 2.24) is 0 Å². The Morgan fingerprint density at radius 1 is 1.40 bits per heavy atom. The number of halogens is 1. The van der Waals surface area contributed by atoms with Gasteiger partial charge in [-0.3, -0.25) is 0 Å². The zero-order chi connectivity index (χ0) is 10.7. The van der Waals surface area contributed by atoms with Gasteiger partial charge in [-0.05, 0) is 37.5 Å². The number of hydrogen-bond acceptors (Lipinski definition) is 2. The SMILES string of the molecule is NCC1CCCCN1c1cccc(Br)c1. The lowest BCUT2D eigenvalue weighted by molar-refractivity contribution is 0.465. The molecule has 2 rings (SSSR count). The van der Waals surface area contributed by atoms with Crippen molar-refractivity contribution >= 4 is 21.6 Å². The van der Waals surface area contributed by atoms with Crippen molar-refractivity contribution in [3.05, 3.63) is 28.7 Å². The largest absolute Gasteiger partial charge is 0.367 e. The molecule has 15 heavy (non-hydrogen) atoms. The molecule has 1 aromatic rings. The summed E-state index contributed by atoms with van der Waals surface area (Å²) in [6, 6.07) is 9.01. The van der Waals surface area contributed by atoms with Crippen LogP contribution in [0.25, 0.3) is 0 Å². The molecule has 0 spiro atoms. The number of benzene rings is 1. The van der Waals surface area contributed by atoms with E-state index in [2.05, 4.69) is 45.1 Å². The van der Waals surface area contributed by atoms with E-state index in [1.807, 2.05) is 0 Å². The monoisotopic (exact) mass is 268 g/mol. The van der Waals surface area contributed by atoms with E-state index in [0.29, 0.717) is 6.04 Å². The summed E-state index contributed by atoms with van der Waals surface area (Å²) in [7, 11) is 0. The fourth-order valence-electron chi connectivity index (χ4n) is 2.24. The van der Waals surface area contributed by atoms with Gasteiger partial charge in [0, 0.05) is 29.3 Å². The van der Waals surface area contributed by atoms with Gasteiger partial charge in [-0.25, -0.2) is 0 Å². The maximum absolute atomic E-state index is 5.82. The quantitative estimate of drug-likeness (QED) is 0.894. The summed E-state index contributed by atoms with van der Waals surface area (Å²) in [6.45, 7) is 1.89. The molecule has 1 fully saturated rings. The van der Waals surface area contributed by atoms with Gasteiger partial charge in [0.25, 0.3) is 0 Å². The van der Waals surface area contributed by atoms with Gasteiger partial charge in [0.05, 0.1) is 0 Å². The topological polar surface area (TPSA) is 29.3 Å². The van der Waals surface area contributed by atoms with Crippen molar-refractivity contribution in [3.63, 3.8) is 0 Å². The van der Waals surface area contributed by atoms with E-state index >= 15 is 0 Å². The normalized spacial score (nSPS) is 21.7. The van der Waals surface area contributed by atoms with Crippen molar-refractivity contribution in [2.45, 2.75) is 25.3 Å². The summed E-state index contributed by atoms with van der Waals surface area (Å²) in [6.07, 6.45) is 3.82. The van der Waals surface area contributed by atoms with Crippen LogP contribution in [0, 0.1) is 0 Å². The van der Waals surface area contributed by atoms with Crippen LogP contribution in [-0.4, -0.2) is 19.1 Å². The molecule has 0 radical (unpaired) electrons. The number of rotatable bonds is 2. The van der Waals surface area contributed by atoms with Gasteiger partial charge in [0.1, 0.15) is 0 Å². The summed E-state index contributed by atoms with van der Waals surface area (Å²) in [5, 5.41) is 0. The average molecular weight is 269 g/mol. The molecule has 1 aliphatic rings. The van der Waals surface area contributed by atoms with E-state index in [1.54, 1.807) is 0 Å². The molecular weight excluding hydrogens is 252 g/mol. The zero-order valence-corrected chi connectivity index (χ0v) is 10.4. The van der Waals surface area contributed by atoms with E-state index in [-0.39, 0.29) is 0 Å². The van der Waals surface area contributed by atoms with E-state index in [0.717, 1.165) is 17.6 Å². The molecule has 0 aromatic heterocycles. The van der Waals surface area contributed by atoms with Crippen LogP contribution in [0.3, 0.4) is 0 Å². The third-order valence-electron chi connectivity index (χ3n) is 3.04. The van der Waals surface area contributed by atoms with E-state index in [9.17, 15) is 0 Å². The first-order valence-electron chi connectivity index (χ1n) is 5.53. The number of piperidine rings is 1. The van der Waals surface area contributed by atoms with Crippen molar-refractivity contribution < 1.29 is 0 Å².